The Morgan fingerprint density at radius 3 is 2.48 bits per heavy atom. The first-order chi connectivity index (χ1) is 11.2. The fraction of sp³-hybridized carbons (Fsp3) is 0.278. The van der Waals surface area contributed by atoms with Crippen LogP contribution in [0, 0.1) is 0 Å². The molecule has 0 aliphatic rings. The number of ether oxygens (including phenoxy) is 1. The number of hydrogen-bond donors (Lipinski definition) is 3. The first-order valence-corrected chi connectivity index (χ1v) is 7.71. The van der Waals surface area contributed by atoms with Gasteiger partial charge in [-0.2, -0.15) is 0 Å². The van der Waals surface area contributed by atoms with Crippen molar-refractivity contribution in [1.82, 2.24) is 0 Å². The van der Waals surface area contributed by atoms with Gasteiger partial charge in [0.05, 0.1) is 16.9 Å². The Kier molecular flexibility index (Phi) is 5.86. The molecule has 5 nitrogen and oxygen atoms in total. The van der Waals surface area contributed by atoms with Crippen molar-refractivity contribution in [1.29, 1.82) is 0 Å². The molecule has 0 heterocycles. The zero-order valence-corrected chi connectivity index (χ0v) is 13.4. The van der Waals surface area contributed by atoms with Crippen LogP contribution in [-0.4, -0.2) is 24.7 Å². The molecule has 0 aromatic heterocycles. The van der Waals surface area contributed by atoms with Crippen LogP contribution in [0.4, 0.5) is 11.4 Å². The molecule has 0 spiro atoms. The molecule has 23 heavy (non-hydrogen) atoms. The number of carboxylic acid groups (broad SMARTS) is 1. The number of benzene rings is 2. The van der Waals surface area contributed by atoms with Crippen LogP contribution in [0.3, 0.4) is 0 Å². The van der Waals surface area contributed by atoms with E-state index in [1.54, 1.807) is 19.2 Å². The van der Waals surface area contributed by atoms with E-state index in [9.17, 15) is 9.90 Å². The molecule has 0 atom stereocenters. The van der Waals surface area contributed by atoms with Gasteiger partial charge in [-0.1, -0.05) is 31.5 Å². The molecule has 0 radical (unpaired) electrons. The molecule has 0 unspecified atom stereocenters. The van der Waals surface area contributed by atoms with Crippen molar-refractivity contribution in [2.45, 2.75) is 19.8 Å². The molecule has 0 saturated carbocycles. The number of aromatic carboxylic acids is 1. The van der Waals surface area contributed by atoms with Crippen LogP contribution in [0.2, 0.25) is 0 Å². The Labute approximate surface area is 136 Å². The number of unbranched alkanes of at least 4 members (excludes halogenated alkanes) is 1. The average Bonchev–Trinajstić information content (AvgIpc) is 2.57. The maximum atomic E-state index is 11.3. The first-order valence-electron chi connectivity index (χ1n) is 7.71. The summed E-state index contributed by atoms with van der Waals surface area (Å²) in [5, 5.41) is 15.6. The molecule has 5 heteroatoms. The summed E-state index contributed by atoms with van der Waals surface area (Å²) >= 11 is 0. The molecular formula is C18H22N2O3. The minimum atomic E-state index is -0.966. The maximum Gasteiger partial charge on any atom is 0.335 e. The van der Waals surface area contributed by atoms with E-state index in [-0.39, 0.29) is 5.56 Å². The van der Waals surface area contributed by atoms with E-state index in [1.807, 2.05) is 30.3 Å². The molecule has 0 amide bonds. The molecule has 0 aliphatic heterocycles. The molecule has 0 fully saturated rings. The van der Waals surface area contributed by atoms with Gasteiger partial charge >= 0.3 is 5.97 Å². The fourth-order valence-electron chi connectivity index (χ4n) is 2.19. The van der Waals surface area contributed by atoms with Crippen molar-refractivity contribution in [3.63, 3.8) is 0 Å². The van der Waals surface area contributed by atoms with E-state index in [0.29, 0.717) is 22.9 Å². The Hall–Kier alpha value is -2.69. The lowest BCUT2D eigenvalue weighted by atomic mass is 10.1. The van der Waals surface area contributed by atoms with Gasteiger partial charge in [0.1, 0.15) is 5.75 Å². The molecule has 122 valence electrons. The van der Waals surface area contributed by atoms with Crippen LogP contribution in [0.15, 0.2) is 42.5 Å². The minimum Gasteiger partial charge on any atom is -0.478 e. The molecule has 0 bridgehead atoms. The Morgan fingerprint density at radius 1 is 1.17 bits per heavy atom. The van der Waals surface area contributed by atoms with Crippen molar-refractivity contribution < 1.29 is 14.6 Å². The second kappa shape index (κ2) is 8.08. The van der Waals surface area contributed by atoms with Gasteiger partial charge in [-0.05, 0) is 30.7 Å². The summed E-state index contributed by atoms with van der Waals surface area (Å²) < 4.78 is 5.98. The van der Waals surface area contributed by atoms with Crippen molar-refractivity contribution in [3.8, 4) is 11.5 Å². The number of hydrogen-bond acceptors (Lipinski definition) is 4. The quantitative estimate of drug-likeness (QED) is 0.629. The summed E-state index contributed by atoms with van der Waals surface area (Å²) in [4.78, 5) is 11.3. The Balaban J connectivity index is 2.40. The first kappa shape index (κ1) is 16.7. The van der Waals surface area contributed by atoms with Crippen LogP contribution < -0.4 is 15.4 Å². The maximum absolute atomic E-state index is 11.3. The van der Waals surface area contributed by atoms with Gasteiger partial charge in [0.15, 0.2) is 5.75 Å². The SMILES string of the molecule is CCCCNc1cc(C(=O)O)cc(NC)c1Oc1ccccc1. The predicted octanol–water partition coefficient (Wildman–Crippen LogP) is 4.43. The standard InChI is InChI=1S/C18H22N2O3/c1-3-4-10-20-16-12-13(18(21)22)11-15(19-2)17(16)23-14-8-6-5-7-9-14/h5-9,11-12,19-20H,3-4,10H2,1-2H3,(H,21,22). The zero-order valence-electron chi connectivity index (χ0n) is 13.4. The van der Waals surface area contributed by atoms with E-state index in [0.717, 1.165) is 19.4 Å². The van der Waals surface area contributed by atoms with Gasteiger partial charge < -0.3 is 20.5 Å². The molecule has 2 aromatic carbocycles. The van der Waals surface area contributed by atoms with Crippen LogP contribution in [0.1, 0.15) is 30.1 Å². The third-order valence-electron chi connectivity index (χ3n) is 3.41. The van der Waals surface area contributed by atoms with Crippen LogP contribution in [-0.2, 0) is 0 Å². The highest BCUT2D eigenvalue weighted by atomic mass is 16.5. The second-order valence-corrected chi connectivity index (χ2v) is 5.15. The monoisotopic (exact) mass is 314 g/mol. The highest BCUT2D eigenvalue weighted by Gasteiger charge is 2.15. The van der Waals surface area contributed by atoms with E-state index in [2.05, 4.69) is 17.6 Å². The molecule has 2 rings (SSSR count). The Bertz CT molecular complexity index is 657. The molecule has 0 saturated heterocycles. The number of carboxylic acids is 1. The normalized spacial score (nSPS) is 10.2. The molecule has 0 aliphatic carbocycles. The zero-order chi connectivity index (χ0) is 16.7. The summed E-state index contributed by atoms with van der Waals surface area (Å²) in [7, 11) is 1.74. The van der Waals surface area contributed by atoms with Gasteiger partial charge in [-0.3, -0.25) is 0 Å². The summed E-state index contributed by atoms with van der Waals surface area (Å²) in [6.45, 7) is 2.86. The third-order valence-corrected chi connectivity index (χ3v) is 3.41. The number of rotatable bonds is 8. The van der Waals surface area contributed by atoms with Crippen LogP contribution >= 0.6 is 0 Å². The summed E-state index contributed by atoms with van der Waals surface area (Å²) in [5.74, 6) is 0.330. The number of carbonyl (C=O) groups is 1. The lowest BCUT2D eigenvalue weighted by Gasteiger charge is -2.17. The lowest BCUT2D eigenvalue weighted by Crippen LogP contribution is -2.07. The summed E-state index contributed by atoms with van der Waals surface area (Å²) in [6.07, 6.45) is 2.05. The molecule has 3 N–H and O–H groups in total. The number of nitrogens with one attached hydrogen (secondary N) is 2. The van der Waals surface area contributed by atoms with Gasteiger partial charge in [0.2, 0.25) is 0 Å². The minimum absolute atomic E-state index is 0.216. The smallest absolute Gasteiger partial charge is 0.335 e. The van der Waals surface area contributed by atoms with Crippen molar-refractivity contribution in [2.24, 2.45) is 0 Å². The third kappa shape index (κ3) is 4.39. The largest absolute Gasteiger partial charge is 0.478 e. The predicted molar refractivity (Wildman–Crippen MR) is 92.9 cm³/mol. The van der Waals surface area contributed by atoms with E-state index in [4.69, 9.17) is 4.74 Å². The highest BCUT2D eigenvalue weighted by Crippen LogP contribution is 2.38. The highest BCUT2D eigenvalue weighted by molar-refractivity contribution is 5.92. The van der Waals surface area contributed by atoms with E-state index >= 15 is 0 Å². The second-order valence-electron chi connectivity index (χ2n) is 5.15. The van der Waals surface area contributed by atoms with Gasteiger partial charge in [-0.25, -0.2) is 4.79 Å². The average molecular weight is 314 g/mol. The van der Waals surface area contributed by atoms with E-state index < -0.39 is 5.97 Å². The van der Waals surface area contributed by atoms with Crippen molar-refractivity contribution in [2.75, 3.05) is 24.2 Å². The van der Waals surface area contributed by atoms with E-state index in [1.165, 1.54) is 0 Å². The number of anilines is 2. The summed E-state index contributed by atoms with van der Waals surface area (Å²) in [5.41, 5.74) is 1.52. The topological polar surface area (TPSA) is 70.6 Å². The van der Waals surface area contributed by atoms with Crippen molar-refractivity contribution >= 4 is 17.3 Å². The molecular weight excluding hydrogens is 292 g/mol. The van der Waals surface area contributed by atoms with Crippen LogP contribution in [0.5, 0.6) is 11.5 Å². The van der Waals surface area contributed by atoms with Gasteiger partial charge in [0, 0.05) is 13.6 Å². The Morgan fingerprint density at radius 2 is 1.87 bits per heavy atom. The summed E-state index contributed by atoms with van der Waals surface area (Å²) in [6, 6.07) is 12.6. The number of para-hydroxylation sites is 1. The lowest BCUT2D eigenvalue weighted by molar-refractivity contribution is 0.0697. The van der Waals surface area contributed by atoms with Gasteiger partial charge in [0.25, 0.3) is 0 Å². The molecule has 2 aromatic rings. The fourth-order valence-corrected chi connectivity index (χ4v) is 2.19. The van der Waals surface area contributed by atoms with Crippen LogP contribution in [0.25, 0.3) is 0 Å². The van der Waals surface area contributed by atoms with Crippen molar-refractivity contribution in [3.05, 3.63) is 48.0 Å². The van der Waals surface area contributed by atoms with Gasteiger partial charge in [-0.15, -0.1) is 0 Å².